The van der Waals surface area contributed by atoms with E-state index >= 15 is 0 Å². The quantitative estimate of drug-likeness (QED) is 0.871. The van der Waals surface area contributed by atoms with Crippen LogP contribution < -0.4 is 5.32 Å². The molecular formula is C13H18N6OS. The molecule has 112 valence electrons. The molecule has 0 aliphatic carbocycles. The number of nitrogens with one attached hydrogen (secondary N) is 2. The van der Waals surface area contributed by atoms with Crippen LogP contribution in [0.1, 0.15) is 19.5 Å². The number of thiazole rings is 1. The topological polar surface area (TPSA) is 86.8 Å². The first kappa shape index (κ1) is 14.2. The lowest BCUT2D eigenvalue weighted by Crippen LogP contribution is -2.56. The highest BCUT2D eigenvalue weighted by molar-refractivity contribution is 7.13. The fourth-order valence-electron chi connectivity index (χ4n) is 2.60. The van der Waals surface area contributed by atoms with E-state index in [1.165, 1.54) is 17.7 Å². The number of nitrogens with zero attached hydrogens (tertiary/aromatic N) is 4. The number of aromatic amines is 1. The van der Waals surface area contributed by atoms with E-state index < -0.39 is 0 Å². The molecule has 2 N–H and O–H groups in total. The van der Waals surface area contributed by atoms with E-state index in [0.717, 1.165) is 23.8 Å². The third-order valence-electron chi connectivity index (χ3n) is 3.41. The fourth-order valence-corrected chi connectivity index (χ4v) is 3.37. The molecule has 3 rings (SSSR count). The molecular weight excluding hydrogens is 288 g/mol. The minimum Gasteiger partial charge on any atom is -0.339 e. The van der Waals surface area contributed by atoms with Crippen LogP contribution in [-0.2, 0) is 11.2 Å². The molecule has 21 heavy (non-hydrogen) atoms. The molecule has 0 radical (unpaired) electrons. The van der Waals surface area contributed by atoms with Gasteiger partial charge in [0, 0.05) is 30.6 Å². The highest BCUT2D eigenvalue weighted by Gasteiger charge is 2.25. The van der Waals surface area contributed by atoms with Crippen molar-refractivity contribution in [2.24, 2.45) is 0 Å². The molecule has 2 aromatic rings. The Hall–Kier alpha value is -1.80. The van der Waals surface area contributed by atoms with E-state index in [1.807, 2.05) is 10.3 Å². The maximum atomic E-state index is 12.4. The van der Waals surface area contributed by atoms with Crippen molar-refractivity contribution in [3.8, 4) is 10.8 Å². The third kappa shape index (κ3) is 3.27. The Kier molecular flexibility index (Phi) is 3.98. The Morgan fingerprint density at radius 1 is 1.43 bits per heavy atom. The van der Waals surface area contributed by atoms with Gasteiger partial charge in [-0.2, -0.15) is 5.10 Å². The molecule has 1 fully saturated rings. The van der Waals surface area contributed by atoms with Crippen molar-refractivity contribution < 1.29 is 4.79 Å². The summed E-state index contributed by atoms with van der Waals surface area (Å²) in [7, 11) is 0. The van der Waals surface area contributed by atoms with E-state index in [1.54, 1.807) is 0 Å². The van der Waals surface area contributed by atoms with Gasteiger partial charge in [-0.1, -0.05) is 0 Å². The van der Waals surface area contributed by atoms with E-state index in [-0.39, 0.29) is 5.91 Å². The molecule has 2 atom stereocenters. The molecule has 0 saturated carbocycles. The van der Waals surface area contributed by atoms with Crippen LogP contribution in [0.15, 0.2) is 11.7 Å². The zero-order valence-electron chi connectivity index (χ0n) is 12.0. The molecule has 1 amide bonds. The van der Waals surface area contributed by atoms with E-state index in [0.29, 0.717) is 24.3 Å². The average molecular weight is 306 g/mol. The zero-order chi connectivity index (χ0) is 14.8. The van der Waals surface area contributed by atoms with Gasteiger partial charge in [-0.15, -0.1) is 11.3 Å². The van der Waals surface area contributed by atoms with Crippen LogP contribution >= 0.6 is 11.3 Å². The van der Waals surface area contributed by atoms with Gasteiger partial charge in [0.15, 0.2) is 10.8 Å². The molecule has 0 spiro atoms. The highest BCUT2D eigenvalue weighted by atomic mass is 32.1. The first-order valence-corrected chi connectivity index (χ1v) is 7.83. The van der Waals surface area contributed by atoms with Gasteiger partial charge in [0.2, 0.25) is 5.91 Å². The van der Waals surface area contributed by atoms with Crippen molar-refractivity contribution in [1.29, 1.82) is 0 Å². The van der Waals surface area contributed by atoms with Crippen LogP contribution in [0.25, 0.3) is 10.8 Å². The molecule has 1 aliphatic rings. The van der Waals surface area contributed by atoms with Crippen molar-refractivity contribution in [1.82, 2.24) is 30.4 Å². The Balaban J connectivity index is 1.65. The second-order valence-corrected chi connectivity index (χ2v) is 6.28. The second kappa shape index (κ2) is 5.90. The summed E-state index contributed by atoms with van der Waals surface area (Å²) in [6, 6.07) is 0.663. The van der Waals surface area contributed by atoms with Gasteiger partial charge in [0.25, 0.3) is 0 Å². The van der Waals surface area contributed by atoms with Crippen LogP contribution in [0.4, 0.5) is 0 Å². The van der Waals surface area contributed by atoms with Gasteiger partial charge in [-0.25, -0.2) is 9.97 Å². The SMILES string of the molecule is CC1CN(C(=O)Cc2csc(-c3ncn[nH]3)n2)CC(C)N1. The Morgan fingerprint density at radius 3 is 2.86 bits per heavy atom. The minimum absolute atomic E-state index is 0.129. The number of carbonyl (C=O) groups excluding carboxylic acids is 1. The molecule has 7 nitrogen and oxygen atoms in total. The molecule has 1 aliphatic heterocycles. The molecule has 0 bridgehead atoms. The maximum absolute atomic E-state index is 12.4. The summed E-state index contributed by atoms with van der Waals surface area (Å²) >= 11 is 1.47. The van der Waals surface area contributed by atoms with Gasteiger partial charge >= 0.3 is 0 Å². The maximum Gasteiger partial charge on any atom is 0.228 e. The minimum atomic E-state index is 0.129. The first-order valence-electron chi connectivity index (χ1n) is 6.96. The van der Waals surface area contributed by atoms with Crippen LogP contribution in [0.3, 0.4) is 0 Å². The third-order valence-corrected chi connectivity index (χ3v) is 4.31. The highest BCUT2D eigenvalue weighted by Crippen LogP contribution is 2.20. The van der Waals surface area contributed by atoms with Gasteiger partial charge < -0.3 is 10.2 Å². The summed E-state index contributed by atoms with van der Waals surface area (Å²) in [5.41, 5.74) is 0.787. The lowest BCUT2D eigenvalue weighted by molar-refractivity contribution is -0.132. The summed E-state index contributed by atoms with van der Waals surface area (Å²) < 4.78 is 0. The Labute approximate surface area is 126 Å². The smallest absolute Gasteiger partial charge is 0.228 e. The van der Waals surface area contributed by atoms with Crippen molar-refractivity contribution in [3.63, 3.8) is 0 Å². The molecule has 3 heterocycles. The monoisotopic (exact) mass is 306 g/mol. The van der Waals surface area contributed by atoms with Gasteiger partial charge in [-0.05, 0) is 13.8 Å². The number of hydrogen-bond acceptors (Lipinski definition) is 6. The fraction of sp³-hybridized carbons (Fsp3) is 0.538. The summed E-state index contributed by atoms with van der Waals surface area (Å²) in [5.74, 6) is 0.771. The number of aromatic nitrogens is 4. The predicted octanol–water partition coefficient (Wildman–Crippen LogP) is 0.679. The van der Waals surface area contributed by atoms with Crippen molar-refractivity contribution in [3.05, 3.63) is 17.4 Å². The Bertz CT molecular complexity index is 600. The summed E-state index contributed by atoms with van der Waals surface area (Å²) in [6.07, 6.45) is 1.79. The predicted molar refractivity (Wildman–Crippen MR) is 79.8 cm³/mol. The van der Waals surface area contributed by atoms with Gasteiger partial charge in [0.1, 0.15) is 6.33 Å². The van der Waals surface area contributed by atoms with E-state index in [4.69, 9.17) is 0 Å². The molecule has 8 heteroatoms. The second-order valence-electron chi connectivity index (χ2n) is 5.42. The number of rotatable bonds is 3. The normalized spacial score (nSPS) is 22.5. The van der Waals surface area contributed by atoms with Gasteiger partial charge in [0.05, 0.1) is 12.1 Å². The summed E-state index contributed by atoms with van der Waals surface area (Å²) in [6.45, 7) is 5.70. The zero-order valence-corrected chi connectivity index (χ0v) is 12.9. The lowest BCUT2D eigenvalue weighted by atomic mass is 10.1. The number of H-pyrrole nitrogens is 1. The van der Waals surface area contributed by atoms with Gasteiger partial charge in [-0.3, -0.25) is 9.89 Å². The van der Waals surface area contributed by atoms with E-state index in [9.17, 15) is 4.79 Å². The Morgan fingerprint density at radius 2 is 2.19 bits per heavy atom. The van der Waals surface area contributed by atoms with Crippen LogP contribution in [0.2, 0.25) is 0 Å². The average Bonchev–Trinajstić information content (AvgIpc) is 3.07. The summed E-state index contributed by atoms with van der Waals surface area (Å²) in [5, 5.41) is 12.7. The largest absolute Gasteiger partial charge is 0.339 e. The number of carbonyl (C=O) groups is 1. The number of hydrogen-bond donors (Lipinski definition) is 2. The lowest BCUT2D eigenvalue weighted by Gasteiger charge is -2.36. The molecule has 2 unspecified atom stereocenters. The van der Waals surface area contributed by atoms with Crippen LogP contribution in [0, 0.1) is 0 Å². The molecule has 0 aromatic carbocycles. The number of amides is 1. The van der Waals surface area contributed by atoms with Crippen molar-refractivity contribution >= 4 is 17.2 Å². The van der Waals surface area contributed by atoms with E-state index in [2.05, 4.69) is 39.3 Å². The standard InChI is InChI=1S/C13H18N6OS/c1-8-4-19(5-9(2)16-8)11(20)3-10-6-21-13(17-10)12-14-7-15-18-12/h6-9,16H,3-5H2,1-2H3,(H,14,15,18). The first-order chi connectivity index (χ1) is 10.1. The summed E-state index contributed by atoms with van der Waals surface area (Å²) in [4.78, 5) is 22.8. The van der Waals surface area contributed by atoms with Crippen molar-refractivity contribution in [2.45, 2.75) is 32.4 Å². The molecule has 2 aromatic heterocycles. The van der Waals surface area contributed by atoms with Crippen molar-refractivity contribution in [2.75, 3.05) is 13.1 Å². The molecule has 1 saturated heterocycles. The van der Waals surface area contributed by atoms with Crippen LogP contribution in [-0.4, -0.2) is 56.1 Å². The van der Waals surface area contributed by atoms with Crippen LogP contribution in [0.5, 0.6) is 0 Å². The number of piperazine rings is 1.